The molecule has 0 saturated carbocycles. The van der Waals surface area contributed by atoms with E-state index >= 15 is 0 Å². The smallest absolute Gasteiger partial charge is 0.320 e. The molecule has 1 atom stereocenters. The summed E-state index contributed by atoms with van der Waals surface area (Å²) < 4.78 is 0. The molecule has 0 aliphatic heterocycles. The monoisotopic (exact) mass is 231 g/mol. The van der Waals surface area contributed by atoms with Gasteiger partial charge in [0.1, 0.15) is 6.04 Å². The van der Waals surface area contributed by atoms with Gasteiger partial charge in [-0.2, -0.15) is 0 Å². The molecule has 94 valence electrons. The fourth-order valence-electron chi connectivity index (χ4n) is 1.19. The van der Waals surface area contributed by atoms with Crippen LogP contribution < -0.4 is 16.8 Å². The first-order chi connectivity index (χ1) is 7.57. The van der Waals surface area contributed by atoms with E-state index in [1.54, 1.807) is 0 Å². The van der Waals surface area contributed by atoms with Crippen LogP contribution in [0.1, 0.15) is 32.1 Å². The number of carboxylic acids is 1. The zero-order valence-electron chi connectivity index (χ0n) is 9.45. The molecule has 0 heterocycles. The number of nitrogens with two attached hydrogens (primary N) is 2. The van der Waals surface area contributed by atoms with Gasteiger partial charge in [0, 0.05) is 13.0 Å². The summed E-state index contributed by atoms with van der Waals surface area (Å²) in [6.45, 7) is 0.957. The molecule has 0 aromatic heterocycles. The third-order valence-electron chi connectivity index (χ3n) is 2.20. The molecule has 0 spiro atoms. The van der Waals surface area contributed by atoms with Crippen molar-refractivity contribution in [1.29, 1.82) is 0 Å². The lowest BCUT2D eigenvalue weighted by atomic mass is 10.2. The summed E-state index contributed by atoms with van der Waals surface area (Å²) in [6.07, 6.45) is 3.40. The Morgan fingerprint density at radius 3 is 2.50 bits per heavy atom. The summed E-state index contributed by atoms with van der Waals surface area (Å²) in [4.78, 5) is 21.6. The van der Waals surface area contributed by atoms with Crippen LogP contribution in [0, 0.1) is 0 Å². The Hall–Kier alpha value is -1.14. The summed E-state index contributed by atoms with van der Waals surface area (Å²) in [6, 6.07) is -0.905. The molecule has 0 aromatic rings. The van der Waals surface area contributed by atoms with E-state index in [-0.39, 0.29) is 12.3 Å². The van der Waals surface area contributed by atoms with E-state index in [2.05, 4.69) is 5.32 Å². The second kappa shape index (κ2) is 9.11. The van der Waals surface area contributed by atoms with Crippen LogP contribution in [0.2, 0.25) is 0 Å². The minimum absolute atomic E-state index is 0.0605. The van der Waals surface area contributed by atoms with Gasteiger partial charge in [0.25, 0.3) is 0 Å². The van der Waals surface area contributed by atoms with E-state index in [0.29, 0.717) is 19.5 Å². The number of carboxylic acid groups (broad SMARTS) is 1. The number of rotatable bonds is 9. The number of hydrogen-bond acceptors (Lipinski definition) is 4. The predicted molar refractivity (Wildman–Crippen MR) is 60.8 cm³/mol. The highest BCUT2D eigenvalue weighted by Gasteiger charge is 2.10. The fourth-order valence-corrected chi connectivity index (χ4v) is 1.19. The highest BCUT2D eigenvalue weighted by Crippen LogP contribution is 1.98. The lowest BCUT2D eigenvalue weighted by Crippen LogP contribution is -2.35. The maximum absolute atomic E-state index is 11.2. The molecule has 6 nitrogen and oxygen atoms in total. The molecule has 6 heteroatoms. The normalized spacial score (nSPS) is 12.1. The van der Waals surface area contributed by atoms with Crippen LogP contribution in [0.3, 0.4) is 0 Å². The summed E-state index contributed by atoms with van der Waals surface area (Å²) >= 11 is 0. The maximum Gasteiger partial charge on any atom is 0.320 e. The lowest BCUT2D eigenvalue weighted by Gasteiger charge is -2.07. The van der Waals surface area contributed by atoms with E-state index in [1.165, 1.54) is 0 Å². The van der Waals surface area contributed by atoms with Crippen LogP contribution in [0.5, 0.6) is 0 Å². The first-order valence-electron chi connectivity index (χ1n) is 5.53. The van der Waals surface area contributed by atoms with Gasteiger partial charge in [0.05, 0.1) is 0 Å². The summed E-state index contributed by atoms with van der Waals surface area (Å²) in [7, 11) is 0. The van der Waals surface area contributed by atoms with E-state index in [9.17, 15) is 9.59 Å². The Morgan fingerprint density at radius 2 is 1.94 bits per heavy atom. The van der Waals surface area contributed by atoms with Crippen molar-refractivity contribution in [1.82, 2.24) is 5.32 Å². The number of carbonyl (C=O) groups is 2. The zero-order chi connectivity index (χ0) is 12.4. The number of carbonyl (C=O) groups excluding carboxylic acids is 1. The molecule has 16 heavy (non-hydrogen) atoms. The van der Waals surface area contributed by atoms with Crippen molar-refractivity contribution in [2.45, 2.75) is 38.1 Å². The largest absolute Gasteiger partial charge is 0.480 e. The second-order valence-corrected chi connectivity index (χ2v) is 3.68. The number of hydrogen-bond donors (Lipinski definition) is 4. The fraction of sp³-hybridized carbons (Fsp3) is 0.800. The molecule has 0 aliphatic carbocycles. The number of unbranched alkanes of at least 4 members (excludes halogenated alkanes) is 2. The third kappa shape index (κ3) is 8.19. The van der Waals surface area contributed by atoms with Crippen molar-refractivity contribution in [3.8, 4) is 0 Å². The van der Waals surface area contributed by atoms with Gasteiger partial charge in [-0.1, -0.05) is 6.42 Å². The average Bonchev–Trinajstić information content (AvgIpc) is 2.24. The molecule has 0 aliphatic rings. The van der Waals surface area contributed by atoms with Gasteiger partial charge in [-0.15, -0.1) is 0 Å². The summed E-state index contributed by atoms with van der Waals surface area (Å²) in [5.41, 5.74) is 10.6. The summed E-state index contributed by atoms with van der Waals surface area (Å²) in [5, 5.41) is 11.1. The first-order valence-corrected chi connectivity index (χ1v) is 5.53. The molecular weight excluding hydrogens is 210 g/mol. The molecule has 0 aromatic carbocycles. The van der Waals surface area contributed by atoms with E-state index in [1.807, 2.05) is 0 Å². The van der Waals surface area contributed by atoms with Gasteiger partial charge in [0.2, 0.25) is 5.91 Å². The quantitative estimate of drug-likeness (QED) is 0.396. The van der Waals surface area contributed by atoms with Crippen LogP contribution in [-0.4, -0.2) is 36.1 Å². The number of nitrogens with one attached hydrogen (secondary N) is 1. The minimum atomic E-state index is -1.04. The van der Waals surface area contributed by atoms with Gasteiger partial charge in [-0.25, -0.2) is 0 Å². The molecule has 0 rings (SSSR count). The molecule has 1 unspecified atom stereocenters. The minimum Gasteiger partial charge on any atom is -0.480 e. The Balaban J connectivity index is 3.40. The lowest BCUT2D eigenvalue weighted by molar-refractivity contribution is -0.138. The van der Waals surface area contributed by atoms with Crippen LogP contribution >= 0.6 is 0 Å². The number of amides is 1. The van der Waals surface area contributed by atoms with Gasteiger partial charge in [0.15, 0.2) is 0 Å². The molecule has 0 saturated heterocycles. The Morgan fingerprint density at radius 1 is 1.25 bits per heavy atom. The maximum atomic E-state index is 11.2. The van der Waals surface area contributed by atoms with Gasteiger partial charge in [-0.05, 0) is 25.8 Å². The van der Waals surface area contributed by atoms with Gasteiger partial charge in [-0.3, -0.25) is 9.59 Å². The Labute approximate surface area is 95.4 Å². The molecule has 1 amide bonds. The van der Waals surface area contributed by atoms with Gasteiger partial charge < -0.3 is 21.9 Å². The van der Waals surface area contributed by atoms with E-state index < -0.39 is 12.0 Å². The molecule has 6 N–H and O–H groups in total. The predicted octanol–water partition coefficient (Wildman–Crippen LogP) is -0.576. The average molecular weight is 231 g/mol. The molecule has 0 radical (unpaired) electrons. The van der Waals surface area contributed by atoms with Crippen molar-refractivity contribution < 1.29 is 14.7 Å². The van der Waals surface area contributed by atoms with E-state index in [0.717, 1.165) is 19.3 Å². The second-order valence-electron chi connectivity index (χ2n) is 3.68. The summed E-state index contributed by atoms with van der Waals surface area (Å²) in [5.74, 6) is -1.10. The Bertz CT molecular complexity index is 221. The van der Waals surface area contributed by atoms with Crippen molar-refractivity contribution in [3.05, 3.63) is 0 Å². The third-order valence-corrected chi connectivity index (χ3v) is 2.20. The van der Waals surface area contributed by atoms with E-state index in [4.69, 9.17) is 16.6 Å². The first kappa shape index (κ1) is 14.9. The molecule has 0 fully saturated rings. The van der Waals surface area contributed by atoms with Crippen LogP contribution in [0.25, 0.3) is 0 Å². The van der Waals surface area contributed by atoms with Crippen molar-refractivity contribution in [2.75, 3.05) is 13.1 Å². The van der Waals surface area contributed by atoms with Crippen molar-refractivity contribution in [3.63, 3.8) is 0 Å². The zero-order valence-corrected chi connectivity index (χ0v) is 9.45. The SMILES string of the molecule is NCCCCCC(=O)NCCC(N)C(=O)O. The Kier molecular flexibility index (Phi) is 8.46. The van der Waals surface area contributed by atoms with Crippen LogP contribution in [-0.2, 0) is 9.59 Å². The van der Waals surface area contributed by atoms with Crippen LogP contribution in [0.15, 0.2) is 0 Å². The van der Waals surface area contributed by atoms with Crippen molar-refractivity contribution >= 4 is 11.9 Å². The highest BCUT2D eigenvalue weighted by molar-refractivity contribution is 5.76. The highest BCUT2D eigenvalue weighted by atomic mass is 16.4. The van der Waals surface area contributed by atoms with Gasteiger partial charge >= 0.3 is 5.97 Å². The molecular formula is C10H21N3O3. The standard InChI is InChI=1S/C10H21N3O3/c11-6-3-1-2-4-9(14)13-7-5-8(12)10(15)16/h8H,1-7,11-12H2,(H,13,14)(H,15,16). The topological polar surface area (TPSA) is 118 Å². The number of aliphatic carboxylic acids is 1. The molecule has 0 bridgehead atoms. The van der Waals surface area contributed by atoms with Crippen LogP contribution in [0.4, 0.5) is 0 Å². The van der Waals surface area contributed by atoms with Crippen molar-refractivity contribution in [2.24, 2.45) is 11.5 Å².